The fourth-order valence-electron chi connectivity index (χ4n) is 2.30. The maximum Gasteiger partial charge on any atom is 0.160 e. The minimum atomic E-state index is 0.454. The molecule has 2 aromatic heterocycles. The summed E-state index contributed by atoms with van der Waals surface area (Å²) in [6.07, 6.45) is 11.3. The number of imidazole rings is 1. The number of nitrogens with zero attached hydrogens (tertiary/aromatic N) is 4. The van der Waals surface area contributed by atoms with Gasteiger partial charge in [0.15, 0.2) is 5.82 Å². The quantitative estimate of drug-likeness (QED) is 0.838. The third-order valence-electron chi connectivity index (χ3n) is 3.14. The van der Waals surface area contributed by atoms with Crippen molar-refractivity contribution in [3.63, 3.8) is 0 Å². The fraction of sp³-hybridized carbons (Fsp3) is 0.417. The molecule has 1 atom stereocenters. The second-order valence-electron chi connectivity index (χ2n) is 4.28. The highest BCUT2D eigenvalue weighted by Crippen LogP contribution is 2.24. The molecule has 0 saturated carbocycles. The molecule has 5 nitrogen and oxygen atoms in total. The molecule has 1 aliphatic rings. The van der Waals surface area contributed by atoms with E-state index in [2.05, 4.69) is 20.3 Å². The number of aromatic nitrogens is 4. The Hall–Kier alpha value is -1.75. The van der Waals surface area contributed by atoms with Crippen LogP contribution in [0, 0.1) is 0 Å². The summed E-state index contributed by atoms with van der Waals surface area (Å²) in [4.78, 5) is 13.0. The van der Waals surface area contributed by atoms with Gasteiger partial charge in [-0.2, -0.15) is 0 Å². The third-order valence-corrected chi connectivity index (χ3v) is 3.14. The van der Waals surface area contributed by atoms with E-state index in [9.17, 15) is 0 Å². The molecule has 0 bridgehead atoms. The molecule has 0 aliphatic carbocycles. The van der Waals surface area contributed by atoms with Gasteiger partial charge in [-0.1, -0.05) is 0 Å². The van der Waals surface area contributed by atoms with E-state index in [1.165, 1.54) is 12.8 Å². The van der Waals surface area contributed by atoms with Crippen LogP contribution in [0.5, 0.6) is 0 Å². The molecule has 0 radical (unpaired) electrons. The van der Waals surface area contributed by atoms with Crippen LogP contribution in [-0.2, 0) is 0 Å². The molecule has 88 valence electrons. The molecule has 1 aliphatic heterocycles. The smallest absolute Gasteiger partial charge is 0.160 e. The molecule has 0 amide bonds. The minimum Gasteiger partial charge on any atom is -0.316 e. The van der Waals surface area contributed by atoms with Gasteiger partial charge >= 0.3 is 0 Å². The van der Waals surface area contributed by atoms with E-state index in [4.69, 9.17) is 0 Å². The Morgan fingerprint density at radius 2 is 2.18 bits per heavy atom. The molecule has 0 aromatic carbocycles. The third kappa shape index (κ3) is 2.06. The highest BCUT2D eigenvalue weighted by Gasteiger charge is 2.20. The van der Waals surface area contributed by atoms with Crippen LogP contribution < -0.4 is 5.32 Å². The average Bonchev–Trinajstić information content (AvgIpc) is 2.94. The molecule has 17 heavy (non-hydrogen) atoms. The van der Waals surface area contributed by atoms with Crippen molar-refractivity contribution in [3.8, 4) is 5.82 Å². The van der Waals surface area contributed by atoms with Crippen molar-refractivity contribution in [2.24, 2.45) is 0 Å². The summed E-state index contributed by atoms with van der Waals surface area (Å²) < 4.78 is 1.93. The Morgan fingerprint density at radius 1 is 1.24 bits per heavy atom. The normalized spacial score (nSPS) is 20.4. The monoisotopic (exact) mass is 229 g/mol. The van der Waals surface area contributed by atoms with Gasteiger partial charge in [0.1, 0.15) is 6.33 Å². The van der Waals surface area contributed by atoms with Gasteiger partial charge in [0, 0.05) is 37.3 Å². The molecular weight excluding hydrogens is 214 g/mol. The summed E-state index contributed by atoms with van der Waals surface area (Å²) in [7, 11) is 0. The first-order valence-electron chi connectivity index (χ1n) is 5.95. The zero-order valence-corrected chi connectivity index (χ0v) is 9.58. The van der Waals surface area contributed by atoms with Crippen molar-refractivity contribution in [3.05, 3.63) is 36.8 Å². The SMILES string of the molecule is c1cn(-c2nccnc2[C@@H]2CCCNC2)cn1. The van der Waals surface area contributed by atoms with Crippen LogP contribution in [0.1, 0.15) is 24.5 Å². The van der Waals surface area contributed by atoms with Crippen LogP contribution >= 0.6 is 0 Å². The Bertz CT molecular complexity index is 473. The van der Waals surface area contributed by atoms with Crippen LogP contribution in [0.15, 0.2) is 31.1 Å². The van der Waals surface area contributed by atoms with Crippen LogP contribution in [0.3, 0.4) is 0 Å². The van der Waals surface area contributed by atoms with Crippen molar-refractivity contribution < 1.29 is 0 Å². The molecular formula is C12H15N5. The first-order chi connectivity index (χ1) is 8.45. The second kappa shape index (κ2) is 4.63. The summed E-state index contributed by atoms with van der Waals surface area (Å²) in [6.45, 7) is 2.09. The molecule has 0 spiro atoms. The molecule has 1 saturated heterocycles. The molecule has 5 heteroatoms. The lowest BCUT2D eigenvalue weighted by atomic mass is 9.96. The first-order valence-corrected chi connectivity index (χ1v) is 5.95. The van der Waals surface area contributed by atoms with Crippen molar-refractivity contribution in [2.45, 2.75) is 18.8 Å². The van der Waals surface area contributed by atoms with Crippen molar-refractivity contribution >= 4 is 0 Å². The molecule has 1 fully saturated rings. The average molecular weight is 229 g/mol. The topological polar surface area (TPSA) is 55.6 Å². The lowest BCUT2D eigenvalue weighted by Gasteiger charge is -2.23. The van der Waals surface area contributed by atoms with E-state index < -0.39 is 0 Å². The Kier molecular flexibility index (Phi) is 2.83. The number of rotatable bonds is 2. The second-order valence-corrected chi connectivity index (χ2v) is 4.28. The molecule has 3 heterocycles. The van der Waals surface area contributed by atoms with Gasteiger partial charge in [0.25, 0.3) is 0 Å². The summed E-state index contributed by atoms with van der Waals surface area (Å²) >= 11 is 0. The van der Waals surface area contributed by atoms with Crippen molar-refractivity contribution in [1.29, 1.82) is 0 Å². The van der Waals surface area contributed by atoms with Crippen LogP contribution in [0.2, 0.25) is 0 Å². The van der Waals surface area contributed by atoms with E-state index in [1.54, 1.807) is 24.9 Å². The lowest BCUT2D eigenvalue weighted by molar-refractivity contribution is 0.452. The van der Waals surface area contributed by atoms with E-state index in [-0.39, 0.29) is 0 Å². The summed E-state index contributed by atoms with van der Waals surface area (Å²) in [6, 6.07) is 0. The van der Waals surface area contributed by atoms with Crippen LogP contribution in [-0.4, -0.2) is 32.6 Å². The van der Waals surface area contributed by atoms with Gasteiger partial charge in [-0.3, -0.25) is 9.55 Å². The summed E-state index contributed by atoms with van der Waals surface area (Å²) in [5.41, 5.74) is 1.07. The van der Waals surface area contributed by atoms with Crippen LogP contribution in [0.4, 0.5) is 0 Å². The van der Waals surface area contributed by atoms with Gasteiger partial charge in [0.05, 0.1) is 5.69 Å². The number of hydrogen-bond acceptors (Lipinski definition) is 4. The van der Waals surface area contributed by atoms with Gasteiger partial charge in [-0.15, -0.1) is 0 Å². The standard InChI is InChI=1S/C12H15N5/c1-2-10(8-13-3-1)11-12(16-5-4-15-11)17-7-6-14-9-17/h4-7,9-10,13H,1-3,8H2/t10-/m1/s1. The molecule has 0 unspecified atom stereocenters. The first kappa shape index (κ1) is 10.4. The number of piperidine rings is 1. The zero-order valence-electron chi connectivity index (χ0n) is 9.58. The largest absolute Gasteiger partial charge is 0.316 e. The minimum absolute atomic E-state index is 0.454. The molecule has 3 rings (SSSR count). The van der Waals surface area contributed by atoms with Crippen molar-refractivity contribution in [1.82, 2.24) is 24.8 Å². The highest BCUT2D eigenvalue weighted by molar-refractivity contribution is 5.31. The fourth-order valence-corrected chi connectivity index (χ4v) is 2.30. The van der Waals surface area contributed by atoms with Crippen molar-refractivity contribution in [2.75, 3.05) is 13.1 Å². The van der Waals surface area contributed by atoms with Gasteiger partial charge in [0.2, 0.25) is 0 Å². The summed E-state index contributed by atoms with van der Waals surface area (Å²) in [5.74, 6) is 1.36. The number of hydrogen-bond donors (Lipinski definition) is 1. The van der Waals surface area contributed by atoms with E-state index in [1.807, 2.05) is 10.8 Å². The highest BCUT2D eigenvalue weighted by atomic mass is 15.1. The lowest BCUT2D eigenvalue weighted by Crippen LogP contribution is -2.29. The Balaban J connectivity index is 1.98. The molecule has 2 aromatic rings. The Morgan fingerprint density at radius 3 is 2.94 bits per heavy atom. The zero-order chi connectivity index (χ0) is 11.5. The summed E-state index contributed by atoms with van der Waals surface area (Å²) in [5, 5.41) is 3.41. The maximum atomic E-state index is 4.51. The van der Waals surface area contributed by atoms with Gasteiger partial charge in [-0.05, 0) is 19.4 Å². The predicted octanol–water partition coefficient (Wildman–Crippen LogP) is 1.13. The maximum absolute atomic E-state index is 4.51. The Labute approximate surface area is 99.9 Å². The van der Waals surface area contributed by atoms with Gasteiger partial charge < -0.3 is 5.32 Å². The van der Waals surface area contributed by atoms with E-state index in [0.717, 1.165) is 24.6 Å². The van der Waals surface area contributed by atoms with E-state index >= 15 is 0 Å². The van der Waals surface area contributed by atoms with Gasteiger partial charge in [-0.25, -0.2) is 9.97 Å². The molecule has 1 N–H and O–H groups in total. The number of nitrogens with one attached hydrogen (secondary N) is 1. The van der Waals surface area contributed by atoms with Crippen LogP contribution in [0.25, 0.3) is 5.82 Å². The predicted molar refractivity (Wildman–Crippen MR) is 64.0 cm³/mol. The van der Waals surface area contributed by atoms with E-state index in [0.29, 0.717) is 5.92 Å².